The van der Waals surface area contributed by atoms with Gasteiger partial charge in [0.05, 0.1) is 0 Å². The highest BCUT2D eigenvalue weighted by Gasteiger charge is 2.30. The van der Waals surface area contributed by atoms with Crippen molar-refractivity contribution in [2.24, 2.45) is 0 Å². The van der Waals surface area contributed by atoms with Crippen LogP contribution in [0.25, 0.3) is 0 Å². The van der Waals surface area contributed by atoms with Crippen LogP contribution in [0, 0.1) is 0 Å². The van der Waals surface area contributed by atoms with E-state index in [-0.39, 0.29) is 10.8 Å². The van der Waals surface area contributed by atoms with E-state index >= 15 is 0 Å². The molecule has 0 radical (unpaired) electrons. The van der Waals surface area contributed by atoms with Gasteiger partial charge in [0.15, 0.2) is 0 Å². The van der Waals surface area contributed by atoms with E-state index in [2.05, 4.69) is 66.7 Å². The first-order valence-corrected chi connectivity index (χ1v) is 17.6. The molecule has 1 rings (SSSR count). The highest BCUT2D eigenvalue weighted by Crippen LogP contribution is 2.44. The van der Waals surface area contributed by atoms with Crippen molar-refractivity contribution in [3.05, 3.63) is 20.9 Å². The maximum absolute atomic E-state index is 2.44. The summed E-state index contributed by atoms with van der Waals surface area (Å²) in [6.45, 7) is 19.3. The molecule has 0 saturated heterocycles. The van der Waals surface area contributed by atoms with Gasteiger partial charge in [0, 0.05) is 9.75 Å². The van der Waals surface area contributed by atoms with Gasteiger partial charge in [-0.1, -0.05) is 171 Å². The molecule has 0 saturated carbocycles. The Balaban J connectivity index is 2.62. The molecule has 0 N–H and O–H groups in total. The molecular weight excluding hydrogens is 464 g/mol. The molecule has 0 aliphatic rings. The molecule has 218 valence electrons. The van der Waals surface area contributed by atoms with Crippen LogP contribution in [0.4, 0.5) is 0 Å². The maximum Gasteiger partial charge on any atom is 0.0137 e. The average Bonchev–Trinajstić information content (AvgIpc) is 3.21. The fourth-order valence-electron chi connectivity index (χ4n) is 5.82. The predicted molar refractivity (Wildman–Crippen MR) is 173 cm³/mol. The van der Waals surface area contributed by atoms with Crippen molar-refractivity contribution in [2.45, 2.75) is 207 Å². The van der Waals surface area contributed by atoms with E-state index in [4.69, 9.17) is 0 Å². The largest absolute Gasteiger partial charge is 0.144 e. The van der Waals surface area contributed by atoms with Crippen molar-refractivity contribution in [2.75, 3.05) is 0 Å². The van der Waals surface area contributed by atoms with E-state index in [1.54, 1.807) is 20.9 Å². The smallest absolute Gasteiger partial charge is 0.0137 e. The first-order valence-electron chi connectivity index (χ1n) is 16.8. The van der Waals surface area contributed by atoms with Gasteiger partial charge in [0.2, 0.25) is 0 Å². The minimum atomic E-state index is 0.258. The van der Waals surface area contributed by atoms with E-state index in [1.165, 1.54) is 141 Å². The van der Waals surface area contributed by atoms with Gasteiger partial charge in [-0.15, -0.1) is 11.3 Å². The fourth-order valence-corrected chi connectivity index (χ4v) is 7.33. The predicted octanol–water partition coefficient (Wildman–Crippen LogP) is 13.3. The molecule has 0 nitrogen and oxygen atoms in total. The van der Waals surface area contributed by atoms with Crippen LogP contribution in [0.1, 0.15) is 205 Å². The summed E-state index contributed by atoms with van der Waals surface area (Å²) in [5, 5.41) is 0. The minimum absolute atomic E-state index is 0.258. The van der Waals surface area contributed by atoms with E-state index in [0.29, 0.717) is 0 Å². The number of thiophene rings is 1. The molecule has 1 aromatic rings. The Hall–Kier alpha value is -0.300. The second kappa shape index (κ2) is 19.7. The molecule has 1 aromatic heterocycles. The summed E-state index contributed by atoms with van der Waals surface area (Å²) in [6, 6.07) is 0. The molecule has 0 fully saturated rings. The van der Waals surface area contributed by atoms with Crippen LogP contribution in [0.15, 0.2) is 0 Å². The highest BCUT2D eigenvalue weighted by molar-refractivity contribution is 7.12. The lowest BCUT2D eigenvalue weighted by molar-refractivity contribution is 0.547. The van der Waals surface area contributed by atoms with Crippen LogP contribution >= 0.6 is 11.3 Å². The van der Waals surface area contributed by atoms with Gasteiger partial charge in [-0.25, -0.2) is 0 Å². The molecule has 0 aliphatic carbocycles. The lowest BCUT2D eigenvalue weighted by atomic mass is 9.83. The van der Waals surface area contributed by atoms with E-state index in [9.17, 15) is 0 Å². The zero-order valence-corrected chi connectivity index (χ0v) is 27.8. The van der Waals surface area contributed by atoms with Crippen LogP contribution in [-0.4, -0.2) is 0 Å². The first-order chi connectivity index (χ1) is 17.6. The summed E-state index contributed by atoms with van der Waals surface area (Å²) in [5.41, 5.74) is 4.04. The number of hydrogen-bond donors (Lipinski definition) is 0. The Bertz CT molecular complexity index is 610. The molecule has 1 heterocycles. The van der Waals surface area contributed by atoms with Gasteiger partial charge >= 0.3 is 0 Å². The standard InChI is InChI=1S/C36H68S/c1-9-11-13-15-17-19-21-23-25-27-29-31-32(30-28-26-24-22-20-18-16-14-12-10-2)34(36(6,7)8)37-33(31)35(3,4)5/h9-30H2,1-8H3. The second-order valence-electron chi connectivity index (χ2n) is 14.1. The maximum atomic E-state index is 2.44. The average molecular weight is 533 g/mol. The third kappa shape index (κ3) is 15.2. The quantitative estimate of drug-likeness (QED) is 0.130. The van der Waals surface area contributed by atoms with Crippen LogP contribution in [-0.2, 0) is 23.7 Å². The lowest BCUT2D eigenvalue weighted by Crippen LogP contribution is -2.13. The van der Waals surface area contributed by atoms with Crippen LogP contribution < -0.4 is 0 Å². The van der Waals surface area contributed by atoms with Gasteiger partial charge in [0.25, 0.3) is 0 Å². The summed E-state index contributed by atoms with van der Waals surface area (Å²) < 4.78 is 0. The van der Waals surface area contributed by atoms with Crippen molar-refractivity contribution in [3.8, 4) is 0 Å². The van der Waals surface area contributed by atoms with E-state index < -0.39 is 0 Å². The SMILES string of the molecule is CCCCCCCCCCCCc1c(C(C)(C)C)sc(C(C)(C)C)c1CCCCCCCCCCCC. The van der Waals surface area contributed by atoms with Crippen molar-refractivity contribution < 1.29 is 0 Å². The number of hydrogen-bond acceptors (Lipinski definition) is 1. The fraction of sp³-hybridized carbons (Fsp3) is 0.889. The monoisotopic (exact) mass is 533 g/mol. The molecule has 0 aromatic carbocycles. The van der Waals surface area contributed by atoms with Crippen molar-refractivity contribution in [1.29, 1.82) is 0 Å². The minimum Gasteiger partial charge on any atom is -0.144 e. The van der Waals surface area contributed by atoms with Crippen LogP contribution in [0.2, 0.25) is 0 Å². The summed E-state index contributed by atoms with van der Waals surface area (Å²) in [5.74, 6) is 0. The van der Waals surface area contributed by atoms with Crippen molar-refractivity contribution in [3.63, 3.8) is 0 Å². The Morgan fingerprint density at radius 1 is 0.378 bits per heavy atom. The summed E-state index contributed by atoms with van der Waals surface area (Å²) >= 11 is 2.16. The van der Waals surface area contributed by atoms with Crippen molar-refractivity contribution >= 4 is 11.3 Å². The molecule has 0 aliphatic heterocycles. The van der Waals surface area contributed by atoms with Gasteiger partial charge in [0.1, 0.15) is 0 Å². The van der Waals surface area contributed by atoms with Gasteiger partial charge in [-0.3, -0.25) is 0 Å². The topological polar surface area (TPSA) is 0 Å². The number of rotatable bonds is 22. The van der Waals surface area contributed by atoms with E-state index in [1.807, 2.05) is 0 Å². The van der Waals surface area contributed by atoms with Gasteiger partial charge in [-0.2, -0.15) is 0 Å². The Kier molecular flexibility index (Phi) is 18.5. The zero-order chi connectivity index (χ0) is 27.6. The molecule has 0 amide bonds. The Morgan fingerprint density at radius 2 is 0.622 bits per heavy atom. The van der Waals surface area contributed by atoms with Gasteiger partial charge < -0.3 is 0 Å². The van der Waals surface area contributed by atoms with Gasteiger partial charge in [-0.05, 0) is 47.6 Å². The number of unbranched alkanes of at least 4 members (excludes halogenated alkanes) is 18. The highest BCUT2D eigenvalue weighted by atomic mass is 32.1. The normalized spacial score (nSPS) is 12.5. The molecule has 0 atom stereocenters. The molecule has 0 spiro atoms. The third-order valence-corrected chi connectivity index (χ3v) is 10.2. The lowest BCUT2D eigenvalue weighted by Gasteiger charge is -2.20. The molecule has 1 heteroatoms. The van der Waals surface area contributed by atoms with Crippen LogP contribution in [0.5, 0.6) is 0 Å². The molecule has 37 heavy (non-hydrogen) atoms. The molecule has 0 bridgehead atoms. The summed E-state index contributed by atoms with van der Waals surface area (Å²) in [6.07, 6.45) is 31.1. The van der Waals surface area contributed by atoms with Crippen molar-refractivity contribution in [1.82, 2.24) is 0 Å². The molecular formula is C36H68S. The zero-order valence-electron chi connectivity index (χ0n) is 27.0. The second-order valence-corrected chi connectivity index (χ2v) is 15.1. The molecule has 0 unspecified atom stereocenters. The summed E-state index contributed by atoms with van der Waals surface area (Å²) in [4.78, 5) is 3.38. The Morgan fingerprint density at radius 3 is 0.865 bits per heavy atom. The van der Waals surface area contributed by atoms with E-state index in [0.717, 1.165) is 0 Å². The van der Waals surface area contributed by atoms with Crippen LogP contribution in [0.3, 0.4) is 0 Å². The Labute approximate surface area is 239 Å². The third-order valence-electron chi connectivity index (χ3n) is 8.04. The summed E-state index contributed by atoms with van der Waals surface area (Å²) in [7, 11) is 0. The first kappa shape index (κ1) is 34.7.